The number of aliphatic hydroxyl groups excluding tert-OH is 3. The Morgan fingerprint density at radius 3 is 2.24 bits per heavy atom. The minimum atomic E-state index is -1.92. The lowest BCUT2D eigenvalue weighted by Crippen LogP contribution is -2.61. The number of hydrogen-bond acceptors (Lipinski definition) is 11. The summed E-state index contributed by atoms with van der Waals surface area (Å²) in [5, 5.41) is 40.6. The summed E-state index contributed by atoms with van der Waals surface area (Å²) in [5.74, 6) is -3.41. The number of amides is 1. The number of phenols is 1. The van der Waals surface area contributed by atoms with E-state index in [4.69, 9.17) is 14.2 Å². The van der Waals surface area contributed by atoms with Crippen molar-refractivity contribution in [2.24, 2.45) is 0 Å². The molecule has 0 bridgehead atoms. The Kier molecular flexibility index (Phi) is 10.2. The summed E-state index contributed by atoms with van der Waals surface area (Å²) in [5.41, 5.74) is 1.45. The highest BCUT2D eigenvalue weighted by atomic mass is 16.7. The average molecular weight is 581 g/mol. The monoisotopic (exact) mass is 580 g/mol. The van der Waals surface area contributed by atoms with Gasteiger partial charge in [-0.2, -0.15) is 0 Å². The van der Waals surface area contributed by atoms with Gasteiger partial charge in [-0.1, -0.05) is 30.3 Å². The summed E-state index contributed by atoms with van der Waals surface area (Å²) in [6.45, 7) is 2.09. The normalized spacial score (nSPS) is 22.5. The number of aliphatic hydroxyl groups is 3. The van der Waals surface area contributed by atoms with Crippen LogP contribution in [0.2, 0.25) is 0 Å². The van der Waals surface area contributed by atoms with Crippen LogP contribution in [0.4, 0.5) is 0 Å². The molecule has 4 N–H and O–H groups in total. The van der Waals surface area contributed by atoms with E-state index < -0.39 is 55.2 Å². The number of hydrogen-bond donors (Lipinski definition) is 4. The van der Waals surface area contributed by atoms with Gasteiger partial charge in [0.2, 0.25) is 12.2 Å². The first kappa shape index (κ1) is 30.6. The summed E-state index contributed by atoms with van der Waals surface area (Å²) in [6, 6.07) is 17.3. The summed E-state index contributed by atoms with van der Waals surface area (Å²) in [7, 11) is 0. The van der Waals surface area contributed by atoms with Crippen LogP contribution in [0.3, 0.4) is 0 Å². The standard InChI is InChI=1S/C30H32N2O10/c1-2-32(16-18-12-14-31-15-13-18)27(37)22(19-6-4-3-5-7-19)17-40-29(39)26-24(35)23(34)25(36)30(41-26)42-28(38)20-8-10-21(33)11-9-20/h3-15,22-26,30,33-36H,2,16-17H2,1H3/t22?,23-,24-,25+,26-,30-/m0/s1. The number of aromatic nitrogens is 1. The van der Waals surface area contributed by atoms with Crippen LogP contribution < -0.4 is 0 Å². The van der Waals surface area contributed by atoms with E-state index in [0.717, 1.165) is 5.56 Å². The Balaban J connectivity index is 1.47. The van der Waals surface area contributed by atoms with Gasteiger partial charge in [0.05, 0.1) is 11.5 Å². The van der Waals surface area contributed by atoms with E-state index in [1.54, 1.807) is 59.8 Å². The zero-order valence-corrected chi connectivity index (χ0v) is 22.7. The predicted molar refractivity (Wildman–Crippen MR) is 146 cm³/mol. The quantitative estimate of drug-likeness (QED) is 0.253. The first-order valence-electron chi connectivity index (χ1n) is 13.3. The van der Waals surface area contributed by atoms with Crippen molar-refractivity contribution in [3.63, 3.8) is 0 Å². The topological polar surface area (TPSA) is 176 Å². The second-order valence-corrected chi connectivity index (χ2v) is 9.65. The molecule has 2 heterocycles. The molecule has 1 aliphatic heterocycles. The molecule has 1 aliphatic rings. The summed E-state index contributed by atoms with van der Waals surface area (Å²) < 4.78 is 15.9. The fourth-order valence-corrected chi connectivity index (χ4v) is 4.43. The number of carbonyl (C=O) groups is 3. The highest BCUT2D eigenvalue weighted by Crippen LogP contribution is 2.26. The maximum absolute atomic E-state index is 13.6. The fourth-order valence-electron chi connectivity index (χ4n) is 4.43. The molecule has 12 heteroatoms. The first-order chi connectivity index (χ1) is 20.2. The Hall–Kier alpha value is -4.36. The van der Waals surface area contributed by atoms with Gasteiger partial charge in [-0.05, 0) is 54.4 Å². The zero-order chi connectivity index (χ0) is 30.2. The number of ether oxygens (including phenoxy) is 3. The van der Waals surface area contributed by atoms with Gasteiger partial charge in [-0.25, -0.2) is 9.59 Å². The highest BCUT2D eigenvalue weighted by molar-refractivity contribution is 5.89. The number of likely N-dealkylation sites (N-methyl/N-ethyl adjacent to an activating group) is 1. The molecule has 1 fully saturated rings. The summed E-state index contributed by atoms with van der Waals surface area (Å²) in [6.07, 6.45) is -6.14. The van der Waals surface area contributed by atoms with Crippen LogP contribution >= 0.6 is 0 Å². The first-order valence-corrected chi connectivity index (χ1v) is 13.3. The van der Waals surface area contributed by atoms with Crippen molar-refractivity contribution in [1.29, 1.82) is 0 Å². The van der Waals surface area contributed by atoms with Gasteiger partial charge >= 0.3 is 11.9 Å². The molecule has 3 aromatic rings. The number of nitrogens with zero attached hydrogens (tertiary/aromatic N) is 2. The number of benzene rings is 2. The van der Waals surface area contributed by atoms with Crippen LogP contribution in [0.5, 0.6) is 5.75 Å². The molecule has 1 unspecified atom stereocenters. The number of aromatic hydroxyl groups is 1. The predicted octanol–water partition coefficient (Wildman–Crippen LogP) is 1.13. The number of carbonyl (C=O) groups excluding carboxylic acids is 3. The van der Waals surface area contributed by atoms with Crippen molar-refractivity contribution >= 4 is 17.8 Å². The third kappa shape index (κ3) is 7.28. The zero-order valence-electron chi connectivity index (χ0n) is 22.7. The molecule has 1 saturated heterocycles. The Morgan fingerprint density at radius 2 is 1.60 bits per heavy atom. The number of pyridine rings is 1. The number of rotatable bonds is 10. The molecule has 42 heavy (non-hydrogen) atoms. The fraction of sp³-hybridized carbons (Fsp3) is 0.333. The lowest BCUT2D eigenvalue weighted by Gasteiger charge is -2.38. The lowest BCUT2D eigenvalue weighted by molar-refractivity contribution is -0.280. The molecule has 0 aliphatic carbocycles. The van der Waals surface area contributed by atoms with E-state index in [1.165, 1.54) is 24.3 Å². The maximum Gasteiger partial charge on any atom is 0.340 e. The Morgan fingerprint density at radius 1 is 0.929 bits per heavy atom. The molecule has 0 saturated carbocycles. The van der Waals surface area contributed by atoms with Crippen LogP contribution in [0.1, 0.15) is 34.3 Å². The second kappa shape index (κ2) is 14.0. The summed E-state index contributed by atoms with van der Waals surface area (Å²) in [4.78, 5) is 44.8. The van der Waals surface area contributed by atoms with E-state index in [9.17, 15) is 34.8 Å². The maximum atomic E-state index is 13.6. The molecule has 12 nitrogen and oxygen atoms in total. The van der Waals surface area contributed by atoms with E-state index in [0.29, 0.717) is 18.7 Å². The second-order valence-electron chi connectivity index (χ2n) is 9.65. The minimum absolute atomic E-state index is 0.000187. The van der Waals surface area contributed by atoms with Crippen LogP contribution in [-0.4, -0.2) is 92.0 Å². The Labute approximate surface area is 241 Å². The smallest absolute Gasteiger partial charge is 0.340 e. The molecule has 4 rings (SSSR count). The van der Waals surface area contributed by atoms with Crippen molar-refractivity contribution < 1.29 is 49.0 Å². The lowest BCUT2D eigenvalue weighted by atomic mass is 9.97. The number of esters is 2. The molecule has 0 radical (unpaired) electrons. The third-order valence-electron chi connectivity index (χ3n) is 6.84. The van der Waals surface area contributed by atoms with Crippen molar-refractivity contribution in [2.75, 3.05) is 13.2 Å². The molecule has 0 spiro atoms. The van der Waals surface area contributed by atoms with Crippen LogP contribution in [-0.2, 0) is 30.3 Å². The minimum Gasteiger partial charge on any atom is -0.508 e. The average Bonchev–Trinajstić information content (AvgIpc) is 3.01. The third-order valence-corrected chi connectivity index (χ3v) is 6.84. The van der Waals surface area contributed by atoms with Gasteiger partial charge in [0.15, 0.2) is 6.10 Å². The largest absolute Gasteiger partial charge is 0.508 e. The molecular weight excluding hydrogens is 548 g/mol. The summed E-state index contributed by atoms with van der Waals surface area (Å²) >= 11 is 0. The van der Waals surface area contributed by atoms with Gasteiger partial charge in [-0.3, -0.25) is 9.78 Å². The van der Waals surface area contributed by atoms with Gasteiger partial charge in [0.25, 0.3) is 0 Å². The molecule has 222 valence electrons. The number of phenolic OH excluding ortho intramolecular Hbond substituents is 1. The molecule has 1 aromatic heterocycles. The molecule has 2 aromatic carbocycles. The Bertz CT molecular complexity index is 1340. The van der Waals surface area contributed by atoms with Crippen LogP contribution in [0.25, 0.3) is 0 Å². The van der Waals surface area contributed by atoms with Crippen LogP contribution in [0, 0.1) is 0 Å². The van der Waals surface area contributed by atoms with Crippen molar-refractivity contribution in [1.82, 2.24) is 9.88 Å². The van der Waals surface area contributed by atoms with Gasteiger partial charge < -0.3 is 39.5 Å². The molecular formula is C30H32N2O10. The van der Waals surface area contributed by atoms with Crippen LogP contribution in [0.15, 0.2) is 79.1 Å². The van der Waals surface area contributed by atoms with E-state index >= 15 is 0 Å². The van der Waals surface area contributed by atoms with Gasteiger partial charge in [0, 0.05) is 25.5 Å². The van der Waals surface area contributed by atoms with Crippen molar-refractivity contribution in [3.05, 3.63) is 95.8 Å². The van der Waals surface area contributed by atoms with Gasteiger partial charge in [-0.15, -0.1) is 0 Å². The van der Waals surface area contributed by atoms with E-state index in [-0.39, 0.29) is 17.2 Å². The van der Waals surface area contributed by atoms with Crippen molar-refractivity contribution in [2.45, 2.75) is 50.1 Å². The van der Waals surface area contributed by atoms with E-state index in [1.807, 2.05) is 6.92 Å². The SMILES string of the molecule is CCN(Cc1ccncc1)C(=O)C(COC(=O)[C@H]1O[C@@H](OC(=O)c2ccc(O)cc2)[C@H](O)[C@@H](O)[C@@H]1O)c1ccccc1. The highest BCUT2D eigenvalue weighted by Gasteiger charge is 2.49. The molecule has 1 amide bonds. The van der Waals surface area contributed by atoms with E-state index in [2.05, 4.69) is 4.98 Å². The van der Waals surface area contributed by atoms with Crippen molar-refractivity contribution in [3.8, 4) is 5.75 Å². The molecule has 6 atom stereocenters. The van der Waals surface area contributed by atoms with Gasteiger partial charge in [0.1, 0.15) is 30.7 Å².